The van der Waals surface area contributed by atoms with E-state index in [4.69, 9.17) is 11.6 Å². The number of rotatable bonds is 4. The summed E-state index contributed by atoms with van der Waals surface area (Å²) in [5.74, 6) is 0.966. The first-order chi connectivity index (χ1) is 9.04. The Labute approximate surface area is 131 Å². The summed E-state index contributed by atoms with van der Waals surface area (Å²) in [6, 6.07) is 1.93. The fourth-order valence-corrected chi connectivity index (χ4v) is 2.89. The van der Waals surface area contributed by atoms with Gasteiger partial charge in [-0.15, -0.1) is 0 Å². The zero-order valence-electron chi connectivity index (χ0n) is 11.2. The summed E-state index contributed by atoms with van der Waals surface area (Å²) < 4.78 is 2.85. The van der Waals surface area contributed by atoms with Crippen LogP contribution in [0.1, 0.15) is 38.8 Å². The topological polar surface area (TPSA) is 43.6 Å². The predicted molar refractivity (Wildman–Crippen MR) is 85.4 cm³/mol. The van der Waals surface area contributed by atoms with Crippen LogP contribution in [0.5, 0.6) is 0 Å². The Balaban J connectivity index is 2.53. The summed E-state index contributed by atoms with van der Waals surface area (Å²) in [6.07, 6.45) is 2.79. The van der Waals surface area contributed by atoms with Gasteiger partial charge < -0.3 is 0 Å². The highest BCUT2D eigenvalue weighted by Crippen LogP contribution is 2.28. The highest BCUT2D eigenvalue weighted by atomic mass is 127. The van der Waals surface area contributed by atoms with Crippen molar-refractivity contribution in [2.45, 2.75) is 39.7 Å². The van der Waals surface area contributed by atoms with Gasteiger partial charge in [0.2, 0.25) is 0 Å². The Kier molecular flexibility index (Phi) is 4.78. The van der Waals surface area contributed by atoms with Gasteiger partial charge in [-0.05, 0) is 41.0 Å². The molecule has 0 saturated carbocycles. The molecule has 0 fully saturated rings. The van der Waals surface area contributed by atoms with Gasteiger partial charge in [-0.2, -0.15) is 5.10 Å². The zero-order chi connectivity index (χ0) is 14.0. The number of halogens is 2. The number of hydrogen-bond acceptors (Lipinski definition) is 3. The van der Waals surface area contributed by atoms with Gasteiger partial charge in [-0.25, -0.2) is 9.97 Å². The van der Waals surface area contributed by atoms with Gasteiger partial charge in [0, 0.05) is 12.7 Å². The Morgan fingerprint density at radius 3 is 2.74 bits per heavy atom. The lowest BCUT2D eigenvalue weighted by Gasteiger charge is -2.11. The Morgan fingerprint density at radius 2 is 2.11 bits per heavy atom. The normalized spacial score (nSPS) is 11.3. The van der Waals surface area contributed by atoms with Crippen molar-refractivity contribution in [3.8, 4) is 11.5 Å². The van der Waals surface area contributed by atoms with Crippen LogP contribution >= 0.6 is 34.2 Å². The lowest BCUT2D eigenvalue weighted by Crippen LogP contribution is -2.07. The molecule has 2 aromatic heterocycles. The van der Waals surface area contributed by atoms with Crippen molar-refractivity contribution in [1.82, 2.24) is 19.7 Å². The van der Waals surface area contributed by atoms with Gasteiger partial charge in [0.05, 0.1) is 9.26 Å². The smallest absolute Gasteiger partial charge is 0.179 e. The minimum Gasteiger partial charge on any atom is -0.262 e. The maximum atomic E-state index is 6.22. The third-order valence-corrected chi connectivity index (χ3v) is 4.42. The van der Waals surface area contributed by atoms with Gasteiger partial charge >= 0.3 is 0 Å². The molecule has 6 heteroatoms. The third-order valence-electron chi connectivity index (χ3n) is 2.76. The molecular formula is C13H16ClIN4. The molecule has 0 unspecified atom stereocenters. The van der Waals surface area contributed by atoms with Gasteiger partial charge in [0.1, 0.15) is 10.8 Å². The van der Waals surface area contributed by atoms with E-state index in [2.05, 4.69) is 58.4 Å². The molecule has 0 aliphatic carbocycles. The molecule has 2 rings (SSSR count). The molecule has 19 heavy (non-hydrogen) atoms. The van der Waals surface area contributed by atoms with Crippen LogP contribution in [0.25, 0.3) is 11.5 Å². The second kappa shape index (κ2) is 6.17. The van der Waals surface area contributed by atoms with Crippen molar-refractivity contribution < 1.29 is 0 Å². The van der Waals surface area contributed by atoms with E-state index in [9.17, 15) is 0 Å². The predicted octanol–water partition coefficient (Wildman–Crippen LogP) is 4.13. The molecule has 2 heterocycles. The molecule has 0 aliphatic heterocycles. The Hall–Kier alpha value is -0.690. The fraction of sp³-hybridized carbons (Fsp3) is 0.462. The van der Waals surface area contributed by atoms with E-state index >= 15 is 0 Å². The lowest BCUT2D eigenvalue weighted by molar-refractivity contribution is 0.606. The first-order valence-corrected chi connectivity index (χ1v) is 7.75. The molecule has 0 bridgehead atoms. The number of aromatic nitrogens is 4. The molecule has 0 radical (unpaired) electrons. The summed E-state index contributed by atoms with van der Waals surface area (Å²) in [5, 5.41) is 4.81. The van der Waals surface area contributed by atoms with Crippen molar-refractivity contribution in [2.75, 3.05) is 0 Å². The zero-order valence-corrected chi connectivity index (χ0v) is 14.1. The molecule has 0 spiro atoms. The standard InChI is InChI=1S/C13H16ClIN4/c1-4-7-19-9(5-6-16-19)13-17-11(8(2)3)10(15)12(14)18-13/h5-6,8H,4,7H2,1-3H3. The second-order valence-corrected chi connectivity index (χ2v) is 6.07. The molecule has 4 nitrogen and oxygen atoms in total. The number of hydrogen-bond donors (Lipinski definition) is 0. The first kappa shape index (κ1) is 14.7. The van der Waals surface area contributed by atoms with Crippen LogP contribution in [-0.4, -0.2) is 19.7 Å². The van der Waals surface area contributed by atoms with Crippen LogP contribution in [0.4, 0.5) is 0 Å². The van der Waals surface area contributed by atoms with Crippen LogP contribution in [0.3, 0.4) is 0 Å². The molecule has 0 aliphatic rings. The van der Waals surface area contributed by atoms with Gasteiger partial charge in [0.25, 0.3) is 0 Å². The van der Waals surface area contributed by atoms with E-state index in [1.807, 2.05) is 10.7 Å². The molecule has 2 aromatic rings. The maximum absolute atomic E-state index is 6.22. The molecule has 102 valence electrons. The third kappa shape index (κ3) is 3.08. The van der Waals surface area contributed by atoms with Gasteiger partial charge in [0.15, 0.2) is 5.82 Å². The van der Waals surface area contributed by atoms with Crippen LogP contribution in [-0.2, 0) is 6.54 Å². The molecule has 0 amide bonds. The molecule has 0 aromatic carbocycles. The minimum absolute atomic E-state index is 0.314. The summed E-state index contributed by atoms with van der Waals surface area (Å²) >= 11 is 8.42. The summed E-state index contributed by atoms with van der Waals surface area (Å²) in [6.45, 7) is 7.18. The maximum Gasteiger partial charge on any atom is 0.179 e. The first-order valence-electron chi connectivity index (χ1n) is 6.29. The van der Waals surface area contributed by atoms with Crippen LogP contribution in [0.15, 0.2) is 12.3 Å². The van der Waals surface area contributed by atoms with Crippen molar-refractivity contribution >= 4 is 34.2 Å². The average Bonchev–Trinajstić information content (AvgIpc) is 2.81. The van der Waals surface area contributed by atoms with Crippen molar-refractivity contribution in [1.29, 1.82) is 0 Å². The molecule has 0 atom stereocenters. The van der Waals surface area contributed by atoms with E-state index in [1.165, 1.54) is 0 Å². The highest BCUT2D eigenvalue weighted by Gasteiger charge is 2.16. The van der Waals surface area contributed by atoms with Crippen molar-refractivity contribution in [2.24, 2.45) is 0 Å². The number of aryl methyl sites for hydroxylation is 1. The van der Waals surface area contributed by atoms with Crippen LogP contribution in [0.2, 0.25) is 5.15 Å². The largest absolute Gasteiger partial charge is 0.262 e. The van der Waals surface area contributed by atoms with Crippen molar-refractivity contribution in [3.05, 3.63) is 26.7 Å². The minimum atomic E-state index is 0.314. The molecule has 0 N–H and O–H groups in total. The van der Waals surface area contributed by atoms with E-state index in [0.717, 1.165) is 27.9 Å². The summed E-state index contributed by atoms with van der Waals surface area (Å²) in [5.41, 5.74) is 1.90. The van der Waals surface area contributed by atoms with E-state index in [-0.39, 0.29) is 0 Å². The summed E-state index contributed by atoms with van der Waals surface area (Å²) in [4.78, 5) is 9.04. The van der Waals surface area contributed by atoms with E-state index in [1.54, 1.807) is 6.20 Å². The van der Waals surface area contributed by atoms with Crippen molar-refractivity contribution in [3.63, 3.8) is 0 Å². The SMILES string of the molecule is CCCn1nccc1-c1nc(Cl)c(I)c(C(C)C)n1. The second-order valence-electron chi connectivity index (χ2n) is 4.63. The fourth-order valence-electron chi connectivity index (χ4n) is 1.85. The lowest BCUT2D eigenvalue weighted by atomic mass is 10.1. The molecule has 0 saturated heterocycles. The Morgan fingerprint density at radius 1 is 1.37 bits per heavy atom. The van der Waals surface area contributed by atoms with Gasteiger partial charge in [-0.1, -0.05) is 32.4 Å². The van der Waals surface area contributed by atoms with Crippen LogP contribution in [0, 0.1) is 3.57 Å². The van der Waals surface area contributed by atoms with E-state index in [0.29, 0.717) is 16.9 Å². The number of nitrogens with zero attached hydrogens (tertiary/aromatic N) is 4. The average molecular weight is 391 g/mol. The Bertz CT molecular complexity index is 580. The summed E-state index contributed by atoms with van der Waals surface area (Å²) in [7, 11) is 0. The monoisotopic (exact) mass is 390 g/mol. The molecular weight excluding hydrogens is 375 g/mol. The quantitative estimate of drug-likeness (QED) is 0.582. The van der Waals surface area contributed by atoms with Gasteiger partial charge in [-0.3, -0.25) is 4.68 Å². The van der Waals surface area contributed by atoms with E-state index < -0.39 is 0 Å². The van der Waals surface area contributed by atoms with Crippen LogP contribution < -0.4 is 0 Å². The highest BCUT2D eigenvalue weighted by molar-refractivity contribution is 14.1.